The molecule has 0 spiro atoms. The lowest BCUT2D eigenvalue weighted by atomic mass is 10.1. The molecular weight excluding hydrogens is 240 g/mol. The molecule has 104 valence electrons. The highest BCUT2D eigenvalue weighted by atomic mass is 16.5. The minimum absolute atomic E-state index is 0.0177. The molecule has 19 heavy (non-hydrogen) atoms. The molecule has 1 aliphatic rings. The molecule has 1 aromatic carbocycles. The Kier molecular flexibility index (Phi) is 4.80. The van der Waals surface area contributed by atoms with E-state index in [4.69, 9.17) is 4.74 Å². The first-order valence-electron chi connectivity index (χ1n) is 6.84. The van der Waals surface area contributed by atoms with Crippen LogP contribution in [0.25, 0.3) is 0 Å². The number of hydrogen-bond acceptors (Lipinski definition) is 3. The number of carbonyl (C=O) groups excluding carboxylic acids is 1. The maximum Gasteiger partial charge on any atom is 0.238 e. The van der Waals surface area contributed by atoms with Crippen molar-refractivity contribution in [2.24, 2.45) is 5.92 Å². The number of ether oxygens (including phenoxy) is 1. The fraction of sp³-hybridized carbons (Fsp3) is 0.533. The van der Waals surface area contributed by atoms with Crippen molar-refractivity contribution >= 4 is 11.6 Å². The summed E-state index contributed by atoms with van der Waals surface area (Å²) in [7, 11) is 1.61. The number of methoxy groups -OCH3 is 1. The van der Waals surface area contributed by atoms with E-state index in [9.17, 15) is 4.79 Å². The Hall–Kier alpha value is -1.55. The van der Waals surface area contributed by atoms with Crippen molar-refractivity contribution in [3.63, 3.8) is 0 Å². The molecule has 2 N–H and O–H groups in total. The van der Waals surface area contributed by atoms with Crippen LogP contribution < -0.4 is 15.4 Å². The zero-order chi connectivity index (χ0) is 13.7. The number of rotatable bonds is 7. The summed E-state index contributed by atoms with van der Waals surface area (Å²) in [5.74, 6) is 1.60. The van der Waals surface area contributed by atoms with E-state index in [1.807, 2.05) is 24.3 Å². The third-order valence-corrected chi connectivity index (χ3v) is 3.35. The molecule has 0 saturated heterocycles. The Morgan fingerprint density at radius 2 is 2.26 bits per heavy atom. The zero-order valence-corrected chi connectivity index (χ0v) is 11.6. The quantitative estimate of drug-likeness (QED) is 0.793. The van der Waals surface area contributed by atoms with Gasteiger partial charge >= 0.3 is 0 Å². The third kappa shape index (κ3) is 4.91. The fourth-order valence-electron chi connectivity index (χ4n) is 2.11. The van der Waals surface area contributed by atoms with Gasteiger partial charge in [-0.05, 0) is 31.4 Å². The summed E-state index contributed by atoms with van der Waals surface area (Å²) in [6, 6.07) is 7.78. The van der Waals surface area contributed by atoms with Gasteiger partial charge in [-0.2, -0.15) is 0 Å². The highest BCUT2D eigenvalue weighted by Gasteiger charge is 2.23. The van der Waals surface area contributed by atoms with Crippen LogP contribution in [0, 0.1) is 5.92 Å². The highest BCUT2D eigenvalue weighted by Crippen LogP contribution is 2.33. The van der Waals surface area contributed by atoms with Crippen LogP contribution in [0.15, 0.2) is 24.3 Å². The normalized spacial score (nSPS) is 15.9. The summed E-state index contributed by atoms with van der Waals surface area (Å²) in [4.78, 5) is 11.8. The molecule has 1 fully saturated rings. The Morgan fingerprint density at radius 1 is 1.47 bits per heavy atom. The highest BCUT2D eigenvalue weighted by molar-refractivity contribution is 5.92. The van der Waals surface area contributed by atoms with E-state index in [2.05, 4.69) is 17.6 Å². The van der Waals surface area contributed by atoms with Crippen LogP contribution in [0.4, 0.5) is 5.69 Å². The van der Waals surface area contributed by atoms with Crippen LogP contribution in [0.1, 0.15) is 26.2 Å². The number of anilines is 1. The lowest BCUT2D eigenvalue weighted by molar-refractivity contribution is -0.115. The lowest BCUT2D eigenvalue weighted by Gasteiger charge is -2.13. The van der Waals surface area contributed by atoms with Gasteiger partial charge in [-0.25, -0.2) is 0 Å². The van der Waals surface area contributed by atoms with Crippen molar-refractivity contribution in [3.8, 4) is 5.75 Å². The Morgan fingerprint density at radius 3 is 2.95 bits per heavy atom. The van der Waals surface area contributed by atoms with Gasteiger partial charge in [0.05, 0.1) is 13.7 Å². The molecule has 0 radical (unpaired) electrons. The average Bonchev–Trinajstić information content (AvgIpc) is 3.20. The largest absolute Gasteiger partial charge is 0.497 e. The standard InChI is InChI=1S/C15H22N2O2/c1-11(8-12-6-7-12)16-10-15(18)17-13-4-3-5-14(9-13)19-2/h3-5,9,11-12,16H,6-8,10H2,1-2H3,(H,17,18). The van der Waals surface area contributed by atoms with Crippen molar-refractivity contribution in [1.82, 2.24) is 5.32 Å². The second-order valence-electron chi connectivity index (χ2n) is 5.24. The predicted octanol–water partition coefficient (Wildman–Crippen LogP) is 2.41. The van der Waals surface area contributed by atoms with Gasteiger partial charge in [0.25, 0.3) is 0 Å². The van der Waals surface area contributed by atoms with Crippen LogP contribution in [-0.4, -0.2) is 25.6 Å². The van der Waals surface area contributed by atoms with E-state index in [1.54, 1.807) is 7.11 Å². The van der Waals surface area contributed by atoms with Crippen LogP contribution in [0.5, 0.6) is 5.75 Å². The van der Waals surface area contributed by atoms with Crippen molar-refractivity contribution in [3.05, 3.63) is 24.3 Å². The smallest absolute Gasteiger partial charge is 0.238 e. The molecule has 2 rings (SSSR count). The summed E-state index contributed by atoms with van der Waals surface area (Å²) >= 11 is 0. The van der Waals surface area contributed by atoms with E-state index >= 15 is 0 Å². The number of amides is 1. The summed E-state index contributed by atoms with van der Waals surface area (Å²) in [5.41, 5.74) is 0.765. The second kappa shape index (κ2) is 6.57. The minimum atomic E-state index is -0.0177. The summed E-state index contributed by atoms with van der Waals surface area (Å²) in [6.45, 7) is 2.49. The van der Waals surface area contributed by atoms with Crippen LogP contribution in [0.2, 0.25) is 0 Å². The topological polar surface area (TPSA) is 50.4 Å². The number of carbonyl (C=O) groups is 1. The van der Waals surface area contributed by atoms with Gasteiger partial charge in [0.15, 0.2) is 0 Å². The van der Waals surface area contributed by atoms with Gasteiger partial charge in [-0.3, -0.25) is 4.79 Å². The van der Waals surface area contributed by atoms with Gasteiger partial charge in [-0.15, -0.1) is 0 Å². The molecule has 1 atom stereocenters. The number of benzene rings is 1. The van der Waals surface area contributed by atoms with Gasteiger partial charge in [0, 0.05) is 17.8 Å². The molecule has 1 aromatic rings. The van der Waals surface area contributed by atoms with Crippen LogP contribution in [-0.2, 0) is 4.79 Å². The second-order valence-corrected chi connectivity index (χ2v) is 5.24. The maximum absolute atomic E-state index is 11.8. The van der Waals surface area contributed by atoms with E-state index < -0.39 is 0 Å². The molecule has 1 saturated carbocycles. The molecule has 1 aliphatic carbocycles. The molecule has 0 aliphatic heterocycles. The summed E-state index contributed by atoms with van der Waals surface area (Å²) in [5, 5.41) is 6.12. The Balaban J connectivity index is 1.73. The van der Waals surface area contributed by atoms with Gasteiger partial charge in [0.2, 0.25) is 5.91 Å². The van der Waals surface area contributed by atoms with Crippen molar-refractivity contribution in [1.29, 1.82) is 0 Å². The van der Waals surface area contributed by atoms with Gasteiger partial charge < -0.3 is 15.4 Å². The van der Waals surface area contributed by atoms with Crippen molar-refractivity contribution in [2.75, 3.05) is 19.0 Å². The maximum atomic E-state index is 11.8. The molecule has 1 amide bonds. The van der Waals surface area contributed by atoms with Gasteiger partial charge in [-0.1, -0.05) is 18.9 Å². The molecule has 0 bridgehead atoms. The summed E-state index contributed by atoms with van der Waals surface area (Å²) < 4.78 is 5.12. The SMILES string of the molecule is COc1cccc(NC(=O)CNC(C)CC2CC2)c1. The van der Waals surface area contributed by atoms with Crippen molar-refractivity contribution in [2.45, 2.75) is 32.2 Å². The first-order chi connectivity index (χ1) is 9.17. The number of nitrogens with one attached hydrogen (secondary N) is 2. The van der Waals surface area contributed by atoms with E-state index in [1.165, 1.54) is 19.3 Å². The van der Waals surface area contributed by atoms with Crippen molar-refractivity contribution < 1.29 is 9.53 Å². The van der Waals surface area contributed by atoms with Crippen LogP contribution >= 0.6 is 0 Å². The van der Waals surface area contributed by atoms with Crippen LogP contribution in [0.3, 0.4) is 0 Å². The minimum Gasteiger partial charge on any atom is -0.497 e. The first-order valence-corrected chi connectivity index (χ1v) is 6.84. The molecule has 0 aromatic heterocycles. The third-order valence-electron chi connectivity index (χ3n) is 3.35. The fourth-order valence-corrected chi connectivity index (χ4v) is 2.11. The number of hydrogen-bond donors (Lipinski definition) is 2. The molecule has 0 heterocycles. The monoisotopic (exact) mass is 262 g/mol. The average molecular weight is 262 g/mol. The molecule has 1 unspecified atom stereocenters. The Labute approximate surface area is 114 Å². The first kappa shape index (κ1) is 13.9. The van der Waals surface area contributed by atoms with E-state index in [0.717, 1.165) is 17.4 Å². The lowest BCUT2D eigenvalue weighted by Crippen LogP contribution is -2.34. The van der Waals surface area contributed by atoms with Gasteiger partial charge in [0.1, 0.15) is 5.75 Å². The predicted molar refractivity (Wildman–Crippen MR) is 76.4 cm³/mol. The van der Waals surface area contributed by atoms with E-state index in [0.29, 0.717) is 12.6 Å². The molecule has 4 heteroatoms. The van der Waals surface area contributed by atoms with E-state index in [-0.39, 0.29) is 5.91 Å². The Bertz CT molecular complexity index is 430. The molecule has 4 nitrogen and oxygen atoms in total. The molecular formula is C15H22N2O2. The zero-order valence-electron chi connectivity index (χ0n) is 11.6. The summed E-state index contributed by atoms with van der Waals surface area (Å²) in [6.07, 6.45) is 3.87.